The number of amidine groups is 1. The van der Waals surface area contributed by atoms with Crippen LogP contribution in [0.3, 0.4) is 0 Å². The Morgan fingerprint density at radius 1 is 1.26 bits per heavy atom. The van der Waals surface area contributed by atoms with Gasteiger partial charge in [-0.2, -0.15) is 0 Å². The molecule has 1 saturated heterocycles. The van der Waals surface area contributed by atoms with E-state index in [0.717, 1.165) is 5.69 Å². The van der Waals surface area contributed by atoms with Crippen LogP contribution in [0.5, 0.6) is 0 Å². The summed E-state index contributed by atoms with van der Waals surface area (Å²) in [7, 11) is 0. The molecule has 1 heterocycles. The molecule has 0 aliphatic carbocycles. The predicted molar refractivity (Wildman–Crippen MR) is 108 cm³/mol. The van der Waals surface area contributed by atoms with Crippen LogP contribution in [0.4, 0.5) is 11.4 Å². The van der Waals surface area contributed by atoms with Crippen LogP contribution in [0.15, 0.2) is 63.3 Å². The molecule has 1 amide bonds. The molecule has 9 heteroatoms. The summed E-state index contributed by atoms with van der Waals surface area (Å²) in [5.41, 5.74) is 1.22. The number of hydrogen-bond donors (Lipinski definition) is 2. The lowest BCUT2D eigenvalue weighted by Gasteiger charge is -2.03. The molecule has 0 saturated carbocycles. The standard InChI is InChI=1S/C18H15N3O4S2/c22-8-9-26-15-7-6-12(10-14(15)21(24)25)11-16-17(23)20-18(27-16)19-13-4-2-1-3-5-13/h1-7,10-11,22H,8-9H2,(H,19,20,23). The van der Waals surface area contributed by atoms with Crippen molar-refractivity contribution in [2.75, 3.05) is 12.4 Å². The first-order valence-corrected chi connectivity index (χ1v) is 9.74. The Balaban J connectivity index is 1.84. The molecule has 1 fully saturated rings. The van der Waals surface area contributed by atoms with Crippen LogP contribution in [0, 0.1) is 10.1 Å². The lowest BCUT2D eigenvalue weighted by molar-refractivity contribution is -0.387. The van der Waals surface area contributed by atoms with E-state index in [0.29, 0.717) is 26.3 Å². The first kappa shape index (κ1) is 19.2. The van der Waals surface area contributed by atoms with Crippen molar-refractivity contribution < 1.29 is 14.8 Å². The minimum Gasteiger partial charge on any atom is -0.396 e. The quantitative estimate of drug-likeness (QED) is 0.332. The SMILES string of the molecule is O=C1NC(=Nc2ccccc2)SC1=Cc1ccc(SCCO)c([N+](=O)[O-])c1. The fourth-order valence-corrected chi connectivity index (χ4v) is 3.89. The van der Waals surface area contributed by atoms with Crippen molar-refractivity contribution in [1.29, 1.82) is 0 Å². The number of nitro groups is 1. The summed E-state index contributed by atoms with van der Waals surface area (Å²) >= 11 is 2.40. The van der Waals surface area contributed by atoms with Gasteiger partial charge in [0, 0.05) is 11.8 Å². The summed E-state index contributed by atoms with van der Waals surface area (Å²) in [6.07, 6.45) is 1.60. The monoisotopic (exact) mass is 401 g/mol. The van der Waals surface area contributed by atoms with Crippen LogP contribution in [-0.4, -0.2) is 33.5 Å². The summed E-state index contributed by atoms with van der Waals surface area (Å²) in [6, 6.07) is 14.0. The Morgan fingerprint density at radius 3 is 2.74 bits per heavy atom. The van der Waals surface area contributed by atoms with E-state index in [9.17, 15) is 14.9 Å². The number of amides is 1. The van der Waals surface area contributed by atoms with Gasteiger partial charge in [-0.15, -0.1) is 11.8 Å². The molecule has 2 N–H and O–H groups in total. The Kier molecular flexibility index (Phi) is 6.28. The van der Waals surface area contributed by atoms with E-state index in [1.165, 1.54) is 29.6 Å². The fraction of sp³-hybridized carbons (Fsp3) is 0.111. The number of nitro benzene ring substituents is 1. The number of benzene rings is 2. The summed E-state index contributed by atoms with van der Waals surface area (Å²) < 4.78 is 0. The van der Waals surface area contributed by atoms with Crippen molar-refractivity contribution in [3.8, 4) is 0 Å². The average Bonchev–Trinajstić information content (AvgIpc) is 3.00. The number of nitrogens with zero attached hydrogens (tertiary/aromatic N) is 2. The largest absolute Gasteiger partial charge is 0.396 e. The van der Waals surface area contributed by atoms with Gasteiger partial charge < -0.3 is 10.4 Å². The third-order valence-electron chi connectivity index (χ3n) is 3.46. The molecule has 1 aliphatic rings. The molecule has 1 aliphatic heterocycles. The van der Waals surface area contributed by atoms with Crippen molar-refractivity contribution in [2.45, 2.75) is 4.90 Å². The molecule has 138 valence electrons. The molecule has 2 aromatic carbocycles. The zero-order chi connectivity index (χ0) is 19.2. The Labute approximate surface area is 163 Å². The van der Waals surface area contributed by atoms with E-state index < -0.39 is 4.92 Å². The lowest BCUT2D eigenvalue weighted by Crippen LogP contribution is -2.19. The predicted octanol–water partition coefficient (Wildman–Crippen LogP) is 3.57. The van der Waals surface area contributed by atoms with Crippen molar-refractivity contribution >= 4 is 52.0 Å². The number of carbonyl (C=O) groups is 1. The number of carbonyl (C=O) groups excluding carboxylic acids is 1. The number of rotatable bonds is 6. The highest BCUT2D eigenvalue weighted by Crippen LogP contribution is 2.32. The van der Waals surface area contributed by atoms with Crippen molar-refractivity contribution in [3.63, 3.8) is 0 Å². The second kappa shape index (κ2) is 8.85. The van der Waals surface area contributed by atoms with Crippen LogP contribution >= 0.6 is 23.5 Å². The van der Waals surface area contributed by atoms with Gasteiger partial charge in [0.1, 0.15) is 0 Å². The zero-order valence-corrected chi connectivity index (χ0v) is 15.6. The highest BCUT2D eigenvalue weighted by molar-refractivity contribution is 8.18. The van der Waals surface area contributed by atoms with Crippen LogP contribution < -0.4 is 5.32 Å². The smallest absolute Gasteiger partial charge is 0.283 e. The molecule has 0 aromatic heterocycles. The summed E-state index contributed by atoms with van der Waals surface area (Å²) in [4.78, 5) is 28.2. The third-order valence-corrected chi connectivity index (χ3v) is 5.42. The van der Waals surface area contributed by atoms with Crippen LogP contribution in [0.2, 0.25) is 0 Å². The number of aliphatic imine (C=N–C) groups is 1. The Bertz CT molecular complexity index is 929. The number of hydrogen-bond acceptors (Lipinski definition) is 7. The molecule has 0 atom stereocenters. The van der Waals surface area contributed by atoms with Crippen molar-refractivity contribution in [2.24, 2.45) is 4.99 Å². The highest BCUT2D eigenvalue weighted by Gasteiger charge is 2.24. The van der Waals surface area contributed by atoms with E-state index >= 15 is 0 Å². The lowest BCUT2D eigenvalue weighted by atomic mass is 10.2. The maximum atomic E-state index is 12.2. The number of thioether (sulfide) groups is 2. The molecular formula is C18H15N3O4S2. The second-order valence-corrected chi connectivity index (χ2v) is 7.54. The van der Waals surface area contributed by atoms with Crippen molar-refractivity contribution in [1.82, 2.24) is 5.32 Å². The molecule has 27 heavy (non-hydrogen) atoms. The van der Waals surface area contributed by atoms with E-state index in [4.69, 9.17) is 5.11 Å². The first-order valence-electron chi connectivity index (χ1n) is 7.93. The van der Waals surface area contributed by atoms with Crippen molar-refractivity contribution in [3.05, 3.63) is 69.1 Å². The average molecular weight is 401 g/mol. The molecule has 0 spiro atoms. The molecule has 0 radical (unpaired) electrons. The van der Waals surface area contributed by atoms with Gasteiger partial charge in [-0.05, 0) is 41.6 Å². The van der Waals surface area contributed by atoms with E-state index in [1.807, 2.05) is 30.3 Å². The van der Waals surface area contributed by atoms with Gasteiger partial charge in [0.05, 0.1) is 27.0 Å². The minimum absolute atomic E-state index is 0.0515. The normalized spacial score (nSPS) is 16.7. The summed E-state index contributed by atoms with van der Waals surface area (Å²) in [5.74, 6) is 0.0785. The molecule has 2 aromatic rings. The van der Waals surface area contributed by atoms with Gasteiger partial charge in [-0.3, -0.25) is 14.9 Å². The minimum atomic E-state index is -0.466. The number of aliphatic hydroxyl groups excluding tert-OH is 1. The molecule has 0 unspecified atom stereocenters. The molecule has 0 bridgehead atoms. The van der Waals surface area contributed by atoms with Gasteiger partial charge >= 0.3 is 0 Å². The van der Waals surface area contributed by atoms with E-state index in [1.54, 1.807) is 18.2 Å². The number of para-hydroxylation sites is 1. The maximum absolute atomic E-state index is 12.2. The highest BCUT2D eigenvalue weighted by atomic mass is 32.2. The fourth-order valence-electron chi connectivity index (χ4n) is 2.30. The first-order chi connectivity index (χ1) is 13.1. The zero-order valence-electron chi connectivity index (χ0n) is 14.0. The maximum Gasteiger partial charge on any atom is 0.283 e. The van der Waals surface area contributed by atoms with E-state index in [-0.39, 0.29) is 18.2 Å². The van der Waals surface area contributed by atoms with E-state index in [2.05, 4.69) is 10.3 Å². The van der Waals surface area contributed by atoms with Crippen LogP contribution in [0.25, 0.3) is 6.08 Å². The summed E-state index contributed by atoms with van der Waals surface area (Å²) in [5, 5.41) is 23.4. The van der Waals surface area contributed by atoms with Gasteiger partial charge in [-0.1, -0.05) is 24.3 Å². The third kappa shape index (κ3) is 4.97. The Morgan fingerprint density at radius 2 is 2.04 bits per heavy atom. The Hall–Kier alpha value is -2.62. The van der Waals surface area contributed by atoms with Gasteiger partial charge in [-0.25, -0.2) is 4.99 Å². The number of nitrogens with one attached hydrogen (secondary N) is 1. The van der Waals surface area contributed by atoms with Gasteiger partial charge in [0.15, 0.2) is 5.17 Å². The number of aliphatic hydroxyl groups is 1. The topological polar surface area (TPSA) is 105 Å². The summed E-state index contributed by atoms with van der Waals surface area (Å²) in [6.45, 7) is -0.0615. The van der Waals surface area contributed by atoms with Crippen LogP contribution in [-0.2, 0) is 4.79 Å². The van der Waals surface area contributed by atoms with Gasteiger partial charge in [0.2, 0.25) is 0 Å². The molecular weight excluding hydrogens is 386 g/mol. The molecule has 7 nitrogen and oxygen atoms in total. The molecule has 3 rings (SSSR count). The van der Waals surface area contributed by atoms with Gasteiger partial charge in [0.25, 0.3) is 11.6 Å². The second-order valence-electron chi connectivity index (χ2n) is 5.37. The van der Waals surface area contributed by atoms with Crippen LogP contribution in [0.1, 0.15) is 5.56 Å².